The van der Waals surface area contributed by atoms with Crippen molar-refractivity contribution >= 4 is 17.5 Å². The van der Waals surface area contributed by atoms with E-state index in [0.717, 1.165) is 25.1 Å². The quantitative estimate of drug-likeness (QED) is 0.807. The predicted octanol–water partition coefficient (Wildman–Crippen LogP) is 3.09. The van der Waals surface area contributed by atoms with Gasteiger partial charge in [0.25, 0.3) is 11.5 Å². The Hall–Kier alpha value is -2.28. The summed E-state index contributed by atoms with van der Waals surface area (Å²) in [6, 6.07) is 3.53. The highest BCUT2D eigenvalue weighted by atomic mass is 35.5. The van der Waals surface area contributed by atoms with Crippen LogP contribution in [0.25, 0.3) is 0 Å². The minimum Gasteiger partial charge on any atom is -0.349 e. The molecule has 2 aromatic rings. The average molecular weight is 382 g/mol. The maximum atomic E-state index is 14.0. The summed E-state index contributed by atoms with van der Waals surface area (Å²) in [6.45, 7) is 2.24. The molecule has 0 spiro atoms. The maximum absolute atomic E-state index is 14.0. The summed E-state index contributed by atoms with van der Waals surface area (Å²) in [7, 11) is 0. The van der Waals surface area contributed by atoms with Gasteiger partial charge in [0.2, 0.25) is 0 Å². The Labute approximate surface area is 153 Å². The van der Waals surface area contributed by atoms with E-state index in [9.17, 15) is 18.4 Å². The molecule has 1 aliphatic carbocycles. The fourth-order valence-corrected chi connectivity index (χ4v) is 3.19. The van der Waals surface area contributed by atoms with Crippen LogP contribution in [0.15, 0.2) is 29.2 Å². The van der Waals surface area contributed by atoms with Crippen molar-refractivity contribution in [2.24, 2.45) is 11.3 Å². The summed E-state index contributed by atoms with van der Waals surface area (Å²) in [5, 5.41) is 2.65. The minimum atomic E-state index is -0.620. The first-order valence-corrected chi connectivity index (χ1v) is 8.63. The van der Waals surface area contributed by atoms with E-state index in [1.807, 2.05) is 6.92 Å². The van der Waals surface area contributed by atoms with Gasteiger partial charge >= 0.3 is 0 Å². The van der Waals surface area contributed by atoms with Crippen molar-refractivity contribution in [3.8, 4) is 0 Å². The van der Waals surface area contributed by atoms with Crippen LogP contribution >= 0.6 is 11.6 Å². The van der Waals surface area contributed by atoms with Crippen molar-refractivity contribution < 1.29 is 13.6 Å². The molecule has 2 N–H and O–H groups in total. The number of halogens is 3. The molecule has 1 amide bonds. The molecule has 0 aliphatic heterocycles. The Kier molecular flexibility index (Phi) is 5.09. The Bertz CT molecular complexity index is 898. The van der Waals surface area contributed by atoms with E-state index in [-0.39, 0.29) is 22.8 Å². The standard InChI is InChI=1S/C18H18ClF2N3O2/c1-18(11-3-4-11,7-10-2-5-12(20)6-14(10)21)9-23-17(26)15-22-8-13(19)16(25)24-15/h2,5-6,8,11H,3-4,7,9H2,1H3,(H,23,26)(H,22,24,25). The molecule has 1 atom stereocenters. The summed E-state index contributed by atoms with van der Waals surface area (Å²) in [6.07, 6.45) is 3.47. The molecule has 3 rings (SSSR count). The molecule has 0 saturated heterocycles. The zero-order chi connectivity index (χ0) is 18.9. The Balaban J connectivity index is 1.72. The van der Waals surface area contributed by atoms with Gasteiger partial charge in [0, 0.05) is 12.6 Å². The highest BCUT2D eigenvalue weighted by Crippen LogP contribution is 2.47. The van der Waals surface area contributed by atoms with Crippen molar-refractivity contribution in [2.75, 3.05) is 6.54 Å². The molecule has 5 nitrogen and oxygen atoms in total. The number of carbonyl (C=O) groups excluding carboxylic acids is 1. The Morgan fingerprint density at radius 3 is 2.77 bits per heavy atom. The van der Waals surface area contributed by atoms with Crippen LogP contribution in [0, 0.1) is 23.0 Å². The first-order chi connectivity index (χ1) is 12.3. The summed E-state index contributed by atoms with van der Waals surface area (Å²) in [5.41, 5.74) is -0.570. The molecule has 1 aromatic heterocycles. The highest BCUT2D eigenvalue weighted by molar-refractivity contribution is 6.30. The van der Waals surface area contributed by atoms with Crippen molar-refractivity contribution in [3.63, 3.8) is 0 Å². The minimum absolute atomic E-state index is 0.101. The molecule has 1 saturated carbocycles. The molecule has 138 valence electrons. The lowest BCUT2D eigenvalue weighted by molar-refractivity contribution is 0.0915. The van der Waals surface area contributed by atoms with Gasteiger partial charge in [0.05, 0.1) is 6.20 Å². The Morgan fingerprint density at radius 1 is 1.42 bits per heavy atom. The van der Waals surface area contributed by atoms with Gasteiger partial charge in [-0.1, -0.05) is 24.6 Å². The van der Waals surface area contributed by atoms with Crippen molar-refractivity contribution in [3.05, 3.63) is 62.8 Å². The summed E-state index contributed by atoms with van der Waals surface area (Å²) in [5.74, 6) is -1.54. The monoisotopic (exact) mass is 381 g/mol. The van der Waals surface area contributed by atoms with E-state index in [1.54, 1.807) is 0 Å². The highest BCUT2D eigenvalue weighted by Gasteiger charge is 2.42. The predicted molar refractivity (Wildman–Crippen MR) is 93.1 cm³/mol. The molecule has 1 heterocycles. The van der Waals surface area contributed by atoms with E-state index in [4.69, 9.17) is 11.6 Å². The number of amides is 1. The van der Waals surface area contributed by atoms with Crippen molar-refractivity contribution in [1.82, 2.24) is 15.3 Å². The molecule has 8 heteroatoms. The SMILES string of the molecule is CC(CNC(=O)c1ncc(Cl)c(=O)[nH]1)(Cc1ccc(F)cc1F)C1CC1. The van der Waals surface area contributed by atoms with E-state index in [0.29, 0.717) is 17.9 Å². The van der Waals surface area contributed by atoms with Crippen molar-refractivity contribution in [1.29, 1.82) is 0 Å². The van der Waals surface area contributed by atoms with Gasteiger partial charge < -0.3 is 10.3 Å². The first kappa shape index (κ1) is 18.5. The Morgan fingerprint density at radius 2 is 2.15 bits per heavy atom. The zero-order valence-electron chi connectivity index (χ0n) is 14.1. The average Bonchev–Trinajstić information content (AvgIpc) is 3.43. The van der Waals surface area contributed by atoms with Gasteiger partial charge in [-0.2, -0.15) is 0 Å². The number of H-pyrrole nitrogens is 1. The molecule has 26 heavy (non-hydrogen) atoms. The van der Waals surface area contributed by atoms with Crippen LogP contribution in [0.4, 0.5) is 8.78 Å². The van der Waals surface area contributed by atoms with Gasteiger partial charge in [0.1, 0.15) is 16.7 Å². The largest absolute Gasteiger partial charge is 0.349 e. The second-order valence-corrected chi connectivity index (χ2v) is 7.34. The van der Waals surface area contributed by atoms with Crippen LogP contribution < -0.4 is 10.9 Å². The molecular formula is C18H18ClF2N3O2. The number of hydrogen-bond donors (Lipinski definition) is 2. The molecule has 1 aliphatic rings. The van der Waals surface area contributed by atoms with Crippen LogP contribution in [0.5, 0.6) is 0 Å². The maximum Gasteiger partial charge on any atom is 0.287 e. The number of nitrogens with zero attached hydrogens (tertiary/aromatic N) is 1. The molecule has 1 fully saturated rings. The van der Waals surface area contributed by atoms with Crippen LogP contribution in [0.1, 0.15) is 35.9 Å². The lowest BCUT2D eigenvalue weighted by Gasteiger charge is -2.30. The molecule has 0 bridgehead atoms. The van der Waals surface area contributed by atoms with Gasteiger partial charge in [-0.05, 0) is 42.2 Å². The fraction of sp³-hybridized carbons (Fsp3) is 0.389. The zero-order valence-corrected chi connectivity index (χ0v) is 14.9. The first-order valence-electron chi connectivity index (χ1n) is 8.25. The van der Waals surface area contributed by atoms with E-state index < -0.39 is 23.1 Å². The van der Waals surface area contributed by atoms with Crippen LogP contribution in [-0.2, 0) is 6.42 Å². The van der Waals surface area contributed by atoms with Gasteiger partial charge in [0.15, 0.2) is 5.82 Å². The number of aromatic nitrogens is 2. The number of nitrogens with one attached hydrogen (secondary N) is 2. The third-order valence-corrected chi connectivity index (χ3v) is 5.07. The lowest BCUT2D eigenvalue weighted by Crippen LogP contribution is -2.39. The summed E-state index contributed by atoms with van der Waals surface area (Å²) in [4.78, 5) is 29.9. The second-order valence-electron chi connectivity index (χ2n) is 6.93. The molecule has 1 aromatic carbocycles. The molecular weight excluding hydrogens is 364 g/mol. The topological polar surface area (TPSA) is 74.8 Å². The summed E-state index contributed by atoms with van der Waals surface area (Å²) >= 11 is 5.60. The van der Waals surface area contributed by atoms with Gasteiger partial charge in [-0.15, -0.1) is 0 Å². The number of carbonyl (C=O) groups is 1. The number of rotatable bonds is 6. The number of hydrogen-bond acceptors (Lipinski definition) is 3. The molecule has 1 unspecified atom stereocenters. The van der Waals surface area contributed by atoms with Crippen LogP contribution in [-0.4, -0.2) is 22.4 Å². The van der Waals surface area contributed by atoms with Crippen molar-refractivity contribution in [2.45, 2.75) is 26.2 Å². The fourth-order valence-electron chi connectivity index (χ4n) is 3.09. The smallest absolute Gasteiger partial charge is 0.287 e. The lowest BCUT2D eigenvalue weighted by atomic mass is 9.78. The van der Waals surface area contributed by atoms with E-state index >= 15 is 0 Å². The number of aromatic amines is 1. The summed E-state index contributed by atoms with van der Waals surface area (Å²) < 4.78 is 27.1. The third kappa shape index (κ3) is 4.09. The molecule has 0 radical (unpaired) electrons. The van der Waals surface area contributed by atoms with E-state index in [1.165, 1.54) is 12.1 Å². The number of benzene rings is 1. The van der Waals surface area contributed by atoms with E-state index in [2.05, 4.69) is 15.3 Å². The van der Waals surface area contributed by atoms with Crippen LogP contribution in [0.3, 0.4) is 0 Å². The van der Waals surface area contributed by atoms with Gasteiger partial charge in [-0.25, -0.2) is 13.8 Å². The van der Waals surface area contributed by atoms with Gasteiger partial charge in [-0.3, -0.25) is 9.59 Å². The third-order valence-electron chi connectivity index (χ3n) is 4.80. The van der Waals surface area contributed by atoms with Crippen LogP contribution in [0.2, 0.25) is 5.02 Å². The normalized spacial score (nSPS) is 16.2. The second kappa shape index (κ2) is 7.15.